The predicted molar refractivity (Wildman–Crippen MR) is 66.8 cm³/mol. The van der Waals surface area contributed by atoms with Gasteiger partial charge < -0.3 is 5.32 Å². The van der Waals surface area contributed by atoms with Gasteiger partial charge in [-0.2, -0.15) is 0 Å². The highest BCUT2D eigenvalue weighted by atomic mass is 16.1. The van der Waals surface area contributed by atoms with Crippen LogP contribution in [-0.4, -0.2) is 32.2 Å². The molecule has 6 nitrogen and oxygen atoms in total. The van der Waals surface area contributed by atoms with Crippen molar-refractivity contribution in [1.82, 2.24) is 25.5 Å². The highest BCUT2D eigenvalue weighted by Crippen LogP contribution is 2.17. The van der Waals surface area contributed by atoms with Gasteiger partial charge in [-0.15, -0.1) is 5.10 Å². The van der Waals surface area contributed by atoms with Crippen molar-refractivity contribution in [2.75, 3.05) is 0 Å². The first-order valence-electron chi connectivity index (χ1n) is 6.76. The second-order valence-corrected chi connectivity index (χ2v) is 5.01. The number of hydrogen-bond acceptors (Lipinski definition) is 4. The average Bonchev–Trinajstić information content (AvgIpc) is 2.68. The molecule has 0 aromatic carbocycles. The first-order chi connectivity index (χ1) is 8.75. The maximum Gasteiger partial charge on any atom is 0.227 e. The summed E-state index contributed by atoms with van der Waals surface area (Å²) in [4.78, 5) is 11.9. The van der Waals surface area contributed by atoms with Crippen molar-refractivity contribution in [3.8, 4) is 0 Å². The van der Waals surface area contributed by atoms with Crippen LogP contribution in [0, 0.1) is 0 Å². The minimum absolute atomic E-state index is 0.0264. The third-order valence-electron chi connectivity index (χ3n) is 3.50. The van der Waals surface area contributed by atoms with Gasteiger partial charge in [0.1, 0.15) is 0 Å². The smallest absolute Gasteiger partial charge is 0.227 e. The molecule has 6 heteroatoms. The molecule has 2 rings (SSSR count). The van der Waals surface area contributed by atoms with E-state index in [4.69, 9.17) is 0 Å². The number of carbonyl (C=O) groups excluding carboxylic acids is 1. The van der Waals surface area contributed by atoms with Crippen LogP contribution in [0.15, 0.2) is 0 Å². The van der Waals surface area contributed by atoms with Gasteiger partial charge in [0.05, 0.1) is 6.42 Å². The van der Waals surface area contributed by atoms with E-state index in [1.165, 1.54) is 36.8 Å². The maximum absolute atomic E-state index is 11.9. The number of carbonyl (C=O) groups is 1. The van der Waals surface area contributed by atoms with Gasteiger partial charge in [0.2, 0.25) is 5.91 Å². The molecule has 1 heterocycles. The second kappa shape index (κ2) is 6.47. The van der Waals surface area contributed by atoms with Gasteiger partial charge in [0, 0.05) is 13.1 Å². The Morgan fingerprint density at radius 2 is 1.94 bits per heavy atom. The van der Waals surface area contributed by atoms with E-state index in [-0.39, 0.29) is 12.3 Å². The molecule has 1 aliphatic rings. The van der Waals surface area contributed by atoms with Crippen molar-refractivity contribution in [1.29, 1.82) is 0 Å². The van der Waals surface area contributed by atoms with Crippen molar-refractivity contribution in [2.24, 2.45) is 7.05 Å². The van der Waals surface area contributed by atoms with Crippen LogP contribution >= 0.6 is 0 Å². The molecule has 0 saturated heterocycles. The lowest BCUT2D eigenvalue weighted by atomic mass is 9.96. The summed E-state index contributed by atoms with van der Waals surface area (Å²) in [6.45, 7) is 0. The Morgan fingerprint density at radius 3 is 2.56 bits per heavy atom. The summed E-state index contributed by atoms with van der Waals surface area (Å²) in [6, 6.07) is 0.332. The zero-order valence-corrected chi connectivity index (χ0v) is 10.9. The van der Waals surface area contributed by atoms with E-state index in [9.17, 15) is 4.79 Å². The number of tetrazole rings is 1. The zero-order valence-electron chi connectivity index (χ0n) is 10.9. The molecule has 100 valence electrons. The highest BCUT2D eigenvalue weighted by molar-refractivity contribution is 5.78. The molecule has 1 N–H and O–H groups in total. The van der Waals surface area contributed by atoms with Crippen molar-refractivity contribution < 1.29 is 4.79 Å². The van der Waals surface area contributed by atoms with Crippen LogP contribution in [0.1, 0.15) is 50.8 Å². The topological polar surface area (TPSA) is 72.7 Å². The lowest BCUT2D eigenvalue weighted by Gasteiger charge is -2.20. The third kappa shape index (κ3) is 3.78. The zero-order chi connectivity index (χ0) is 12.8. The first-order valence-corrected chi connectivity index (χ1v) is 6.76. The summed E-state index contributed by atoms with van der Waals surface area (Å²) in [5.74, 6) is 0.636. The number of hydrogen-bond donors (Lipinski definition) is 1. The minimum Gasteiger partial charge on any atom is -0.353 e. The Hall–Kier alpha value is -1.46. The summed E-state index contributed by atoms with van der Waals surface area (Å²) >= 11 is 0. The fraction of sp³-hybridized carbons (Fsp3) is 0.833. The van der Waals surface area contributed by atoms with Crippen LogP contribution in [0.5, 0.6) is 0 Å². The normalized spacial score (nSPS) is 18.1. The van der Waals surface area contributed by atoms with E-state index in [2.05, 4.69) is 20.8 Å². The molecule has 0 spiro atoms. The molecular formula is C12H21N5O. The van der Waals surface area contributed by atoms with Crippen molar-refractivity contribution in [2.45, 2.75) is 57.4 Å². The van der Waals surface area contributed by atoms with E-state index >= 15 is 0 Å². The first kappa shape index (κ1) is 13.0. The number of aromatic nitrogens is 4. The fourth-order valence-electron chi connectivity index (χ4n) is 2.42. The lowest BCUT2D eigenvalue weighted by molar-refractivity contribution is -0.121. The van der Waals surface area contributed by atoms with Crippen LogP contribution in [-0.2, 0) is 18.3 Å². The minimum atomic E-state index is 0.0264. The van der Waals surface area contributed by atoms with Gasteiger partial charge in [-0.1, -0.05) is 32.1 Å². The number of nitrogens with zero attached hydrogens (tertiary/aromatic N) is 4. The van der Waals surface area contributed by atoms with Gasteiger partial charge in [-0.05, 0) is 23.3 Å². The van der Waals surface area contributed by atoms with E-state index < -0.39 is 0 Å². The molecule has 1 aromatic rings. The van der Waals surface area contributed by atoms with Crippen molar-refractivity contribution in [3.05, 3.63) is 5.82 Å². The molecule has 18 heavy (non-hydrogen) atoms. The molecule has 1 saturated carbocycles. The lowest BCUT2D eigenvalue weighted by Crippen LogP contribution is -2.36. The van der Waals surface area contributed by atoms with Gasteiger partial charge in [-0.3, -0.25) is 4.79 Å². The number of aryl methyl sites for hydroxylation is 1. The molecular weight excluding hydrogens is 230 g/mol. The molecule has 1 aliphatic carbocycles. The van der Waals surface area contributed by atoms with Gasteiger partial charge in [-0.25, -0.2) is 4.68 Å². The Kier molecular flexibility index (Phi) is 4.66. The summed E-state index contributed by atoms with van der Waals surface area (Å²) in [6.07, 6.45) is 8.82. The van der Waals surface area contributed by atoms with Gasteiger partial charge in [0.15, 0.2) is 5.82 Å². The Bertz CT molecular complexity index is 382. The van der Waals surface area contributed by atoms with E-state index in [0.717, 1.165) is 12.8 Å². The predicted octanol–water partition coefficient (Wildman–Crippen LogP) is 0.982. The SMILES string of the molecule is Cn1nnnc1CC(=O)NC1CCCCCCC1. The van der Waals surface area contributed by atoms with E-state index in [1.807, 2.05) is 0 Å². The van der Waals surface area contributed by atoms with Crippen molar-refractivity contribution in [3.63, 3.8) is 0 Å². The van der Waals surface area contributed by atoms with Crippen LogP contribution in [0.3, 0.4) is 0 Å². The molecule has 1 fully saturated rings. The van der Waals surface area contributed by atoms with Gasteiger partial charge >= 0.3 is 0 Å². The molecule has 0 aliphatic heterocycles. The maximum atomic E-state index is 11.9. The van der Waals surface area contributed by atoms with Crippen molar-refractivity contribution >= 4 is 5.91 Å². The number of amides is 1. The summed E-state index contributed by atoms with van der Waals surface area (Å²) in [5.41, 5.74) is 0. The number of nitrogens with one attached hydrogen (secondary N) is 1. The molecule has 0 bridgehead atoms. The largest absolute Gasteiger partial charge is 0.353 e. The fourth-order valence-corrected chi connectivity index (χ4v) is 2.42. The van der Waals surface area contributed by atoms with Crippen LogP contribution in [0.2, 0.25) is 0 Å². The second-order valence-electron chi connectivity index (χ2n) is 5.01. The van der Waals surface area contributed by atoms with Crippen LogP contribution in [0.25, 0.3) is 0 Å². The highest BCUT2D eigenvalue weighted by Gasteiger charge is 2.15. The molecule has 0 atom stereocenters. The number of rotatable bonds is 3. The summed E-state index contributed by atoms with van der Waals surface area (Å²) < 4.78 is 1.54. The standard InChI is InChI=1S/C12H21N5O/c1-17-11(14-15-16-17)9-12(18)13-10-7-5-3-2-4-6-8-10/h10H,2-9H2,1H3,(H,13,18). The third-order valence-corrected chi connectivity index (χ3v) is 3.50. The Balaban J connectivity index is 1.80. The van der Waals surface area contributed by atoms with Crippen LogP contribution in [0.4, 0.5) is 0 Å². The average molecular weight is 251 g/mol. The Morgan fingerprint density at radius 1 is 1.28 bits per heavy atom. The van der Waals surface area contributed by atoms with Gasteiger partial charge in [0.25, 0.3) is 0 Å². The molecule has 0 radical (unpaired) electrons. The molecule has 0 unspecified atom stereocenters. The summed E-state index contributed by atoms with van der Waals surface area (Å²) in [7, 11) is 1.75. The monoisotopic (exact) mass is 251 g/mol. The Labute approximate surface area is 107 Å². The van der Waals surface area contributed by atoms with E-state index in [1.54, 1.807) is 7.05 Å². The molecule has 1 aromatic heterocycles. The van der Waals surface area contributed by atoms with E-state index in [0.29, 0.717) is 11.9 Å². The molecule has 1 amide bonds. The summed E-state index contributed by atoms with van der Waals surface area (Å²) in [5, 5.41) is 14.2. The van der Waals surface area contributed by atoms with Crippen LogP contribution < -0.4 is 5.32 Å². The quantitative estimate of drug-likeness (QED) is 0.869.